The Bertz CT molecular complexity index is 199. The van der Waals surface area contributed by atoms with Gasteiger partial charge in [0.05, 0.1) is 12.5 Å². The van der Waals surface area contributed by atoms with Crippen LogP contribution in [0.3, 0.4) is 0 Å². The molecule has 1 rings (SSSR count). The summed E-state index contributed by atoms with van der Waals surface area (Å²) >= 11 is 0. The summed E-state index contributed by atoms with van der Waals surface area (Å²) in [6, 6.07) is 0. The van der Waals surface area contributed by atoms with E-state index in [2.05, 4.69) is 0 Å². The molecule has 68 valence electrons. The number of hydrogen-bond acceptors (Lipinski definition) is 4. The van der Waals surface area contributed by atoms with Crippen LogP contribution in [0.1, 0.15) is 20.3 Å². The maximum absolute atomic E-state index is 11.0. The lowest BCUT2D eigenvalue weighted by Crippen LogP contribution is -2.12. The standard InChI is InChI=1S/C8H12O4/c1-3-11-8(10)6-4-7(6)12-5(2)9/h6-7H,3-4H2,1-2H3/t6-,7+/m1/s1. The molecule has 0 aromatic carbocycles. The second-order valence-electron chi connectivity index (χ2n) is 2.74. The van der Waals surface area contributed by atoms with Gasteiger partial charge in [0.15, 0.2) is 0 Å². The van der Waals surface area contributed by atoms with Gasteiger partial charge in [-0.3, -0.25) is 9.59 Å². The van der Waals surface area contributed by atoms with Gasteiger partial charge in [-0.05, 0) is 6.92 Å². The van der Waals surface area contributed by atoms with Crippen LogP contribution in [0.4, 0.5) is 0 Å². The molecule has 1 aliphatic rings. The summed E-state index contributed by atoms with van der Waals surface area (Å²) in [5, 5.41) is 0. The zero-order valence-corrected chi connectivity index (χ0v) is 7.20. The van der Waals surface area contributed by atoms with E-state index >= 15 is 0 Å². The van der Waals surface area contributed by atoms with Crippen LogP contribution in [-0.2, 0) is 19.1 Å². The lowest BCUT2D eigenvalue weighted by atomic mass is 10.4. The molecule has 2 atom stereocenters. The molecule has 1 fully saturated rings. The summed E-state index contributed by atoms with van der Waals surface area (Å²) in [7, 11) is 0. The highest BCUT2D eigenvalue weighted by Gasteiger charge is 2.47. The number of hydrogen-bond donors (Lipinski definition) is 0. The van der Waals surface area contributed by atoms with Crippen molar-refractivity contribution in [2.45, 2.75) is 26.4 Å². The Morgan fingerprint density at radius 1 is 1.50 bits per heavy atom. The average molecular weight is 172 g/mol. The van der Waals surface area contributed by atoms with Gasteiger partial charge < -0.3 is 9.47 Å². The molecule has 4 heteroatoms. The number of esters is 2. The number of rotatable bonds is 3. The highest BCUT2D eigenvalue weighted by Crippen LogP contribution is 2.34. The van der Waals surface area contributed by atoms with Crippen molar-refractivity contribution >= 4 is 11.9 Å². The second-order valence-corrected chi connectivity index (χ2v) is 2.74. The fourth-order valence-electron chi connectivity index (χ4n) is 1.01. The van der Waals surface area contributed by atoms with E-state index in [4.69, 9.17) is 9.47 Å². The summed E-state index contributed by atoms with van der Waals surface area (Å²) in [5.74, 6) is -0.815. The molecular formula is C8H12O4. The van der Waals surface area contributed by atoms with Gasteiger partial charge in [0, 0.05) is 13.3 Å². The van der Waals surface area contributed by atoms with Gasteiger partial charge in [0.1, 0.15) is 6.10 Å². The largest absolute Gasteiger partial charge is 0.466 e. The zero-order valence-electron chi connectivity index (χ0n) is 7.20. The third-order valence-electron chi connectivity index (χ3n) is 1.64. The highest BCUT2D eigenvalue weighted by molar-refractivity contribution is 5.77. The predicted octanol–water partition coefficient (Wildman–Crippen LogP) is 0.501. The van der Waals surface area contributed by atoms with Crippen molar-refractivity contribution in [3.63, 3.8) is 0 Å². The van der Waals surface area contributed by atoms with Gasteiger partial charge in [-0.15, -0.1) is 0 Å². The Kier molecular flexibility index (Phi) is 2.68. The van der Waals surface area contributed by atoms with Crippen LogP contribution >= 0.6 is 0 Å². The molecule has 0 unspecified atom stereocenters. The molecule has 1 saturated carbocycles. The molecule has 12 heavy (non-hydrogen) atoms. The van der Waals surface area contributed by atoms with Crippen LogP contribution in [0, 0.1) is 5.92 Å². The zero-order chi connectivity index (χ0) is 9.14. The Labute approximate surface area is 70.8 Å². The first-order valence-corrected chi connectivity index (χ1v) is 3.99. The minimum atomic E-state index is -0.341. The van der Waals surface area contributed by atoms with Crippen molar-refractivity contribution in [1.82, 2.24) is 0 Å². The molecule has 0 bridgehead atoms. The van der Waals surface area contributed by atoms with Crippen molar-refractivity contribution in [2.24, 2.45) is 5.92 Å². The topological polar surface area (TPSA) is 52.6 Å². The average Bonchev–Trinajstić information content (AvgIpc) is 2.67. The highest BCUT2D eigenvalue weighted by atomic mass is 16.6. The third-order valence-corrected chi connectivity index (χ3v) is 1.64. The molecule has 0 aromatic rings. The Hall–Kier alpha value is -1.06. The SMILES string of the molecule is CCOC(=O)[C@@H]1C[C@@H]1OC(C)=O. The summed E-state index contributed by atoms with van der Waals surface area (Å²) in [5.41, 5.74) is 0. The maximum Gasteiger partial charge on any atom is 0.312 e. The summed E-state index contributed by atoms with van der Waals surface area (Å²) in [4.78, 5) is 21.4. The van der Waals surface area contributed by atoms with Crippen molar-refractivity contribution in [1.29, 1.82) is 0 Å². The molecule has 0 aromatic heterocycles. The fraction of sp³-hybridized carbons (Fsp3) is 0.750. The van der Waals surface area contributed by atoms with Gasteiger partial charge in [-0.2, -0.15) is 0 Å². The van der Waals surface area contributed by atoms with Crippen LogP contribution in [-0.4, -0.2) is 24.6 Å². The van der Waals surface area contributed by atoms with E-state index in [1.165, 1.54) is 6.92 Å². The normalized spacial score (nSPS) is 26.2. The number of carbonyl (C=O) groups excluding carboxylic acids is 2. The van der Waals surface area contributed by atoms with Crippen molar-refractivity contribution in [3.8, 4) is 0 Å². The lowest BCUT2D eigenvalue weighted by molar-refractivity contribution is -0.148. The van der Waals surface area contributed by atoms with Gasteiger partial charge >= 0.3 is 11.9 Å². The fourth-order valence-corrected chi connectivity index (χ4v) is 1.01. The Morgan fingerprint density at radius 3 is 2.67 bits per heavy atom. The third kappa shape index (κ3) is 2.22. The molecule has 0 saturated heterocycles. The van der Waals surface area contributed by atoms with Crippen LogP contribution in [0.5, 0.6) is 0 Å². The first-order valence-electron chi connectivity index (χ1n) is 3.99. The van der Waals surface area contributed by atoms with Gasteiger partial charge in [-0.25, -0.2) is 0 Å². The first kappa shape index (κ1) is 9.03. The molecule has 0 spiro atoms. The molecular weight excluding hydrogens is 160 g/mol. The quantitative estimate of drug-likeness (QED) is 0.582. The predicted molar refractivity (Wildman–Crippen MR) is 40.3 cm³/mol. The summed E-state index contributed by atoms with van der Waals surface area (Å²) < 4.78 is 9.55. The van der Waals surface area contributed by atoms with E-state index in [-0.39, 0.29) is 24.0 Å². The minimum absolute atomic E-state index is 0.214. The van der Waals surface area contributed by atoms with Gasteiger partial charge in [0.2, 0.25) is 0 Å². The molecule has 0 amide bonds. The van der Waals surface area contributed by atoms with Crippen LogP contribution < -0.4 is 0 Å². The number of ether oxygens (including phenoxy) is 2. The van der Waals surface area contributed by atoms with Crippen molar-refractivity contribution in [3.05, 3.63) is 0 Å². The van der Waals surface area contributed by atoms with Gasteiger partial charge in [-0.1, -0.05) is 0 Å². The Balaban J connectivity index is 2.23. The smallest absolute Gasteiger partial charge is 0.312 e. The summed E-state index contributed by atoms with van der Waals surface area (Å²) in [6.07, 6.45) is 0.375. The van der Waals surface area contributed by atoms with E-state index < -0.39 is 0 Å². The Morgan fingerprint density at radius 2 is 2.17 bits per heavy atom. The molecule has 1 aliphatic carbocycles. The van der Waals surface area contributed by atoms with E-state index in [1.54, 1.807) is 6.92 Å². The molecule has 0 heterocycles. The van der Waals surface area contributed by atoms with E-state index in [0.717, 1.165) is 0 Å². The first-order chi connectivity index (χ1) is 5.65. The monoisotopic (exact) mass is 172 g/mol. The van der Waals surface area contributed by atoms with Crippen molar-refractivity contribution < 1.29 is 19.1 Å². The second kappa shape index (κ2) is 3.56. The van der Waals surface area contributed by atoms with Crippen LogP contribution in [0.25, 0.3) is 0 Å². The molecule has 4 nitrogen and oxygen atoms in total. The number of carbonyl (C=O) groups is 2. The van der Waals surface area contributed by atoms with E-state index in [0.29, 0.717) is 13.0 Å². The van der Waals surface area contributed by atoms with Crippen LogP contribution in [0.15, 0.2) is 0 Å². The van der Waals surface area contributed by atoms with E-state index in [1.807, 2.05) is 0 Å². The maximum atomic E-state index is 11.0. The lowest BCUT2D eigenvalue weighted by Gasteiger charge is -2.00. The van der Waals surface area contributed by atoms with Crippen molar-refractivity contribution in [2.75, 3.05) is 6.61 Å². The molecule has 0 aliphatic heterocycles. The molecule has 0 N–H and O–H groups in total. The molecule has 0 radical (unpaired) electrons. The van der Waals surface area contributed by atoms with Crippen LogP contribution in [0.2, 0.25) is 0 Å². The summed E-state index contributed by atoms with van der Waals surface area (Å²) in [6.45, 7) is 3.46. The minimum Gasteiger partial charge on any atom is -0.466 e. The van der Waals surface area contributed by atoms with Gasteiger partial charge in [0.25, 0.3) is 0 Å². The van der Waals surface area contributed by atoms with E-state index in [9.17, 15) is 9.59 Å².